The van der Waals surface area contributed by atoms with Crippen LogP contribution in [0.15, 0.2) is 0 Å². The molecule has 0 aromatic heterocycles. The summed E-state index contributed by atoms with van der Waals surface area (Å²) in [5.41, 5.74) is 0. The molecule has 0 saturated carbocycles. The first kappa shape index (κ1) is 17.7. The molecule has 18 heavy (non-hydrogen) atoms. The van der Waals surface area contributed by atoms with E-state index in [-0.39, 0.29) is 0 Å². The molecule has 1 N–H and O–H groups in total. The molecule has 0 aliphatic carbocycles. The molecule has 0 bridgehead atoms. The van der Waals surface area contributed by atoms with E-state index >= 15 is 0 Å². The second kappa shape index (κ2) is 7.34. The van der Waals surface area contributed by atoms with Crippen LogP contribution < -0.4 is 5.32 Å². The van der Waals surface area contributed by atoms with E-state index in [1.807, 2.05) is 0 Å². The Labute approximate surface area is 115 Å². The number of sulfone groups is 1. The van der Waals surface area contributed by atoms with Crippen molar-refractivity contribution in [2.45, 2.75) is 44.8 Å². The molecule has 0 spiro atoms. The molecule has 0 radical (unpaired) electrons. The van der Waals surface area contributed by atoms with E-state index in [9.17, 15) is 13.2 Å². The first-order valence-electron chi connectivity index (χ1n) is 6.20. The van der Waals surface area contributed by atoms with Gasteiger partial charge in [-0.3, -0.25) is 4.79 Å². The number of hydrogen-bond acceptors (Lipinski definition) is 3. The van der Waals surface area contributed by atoms with Crippen molar-refractivity contribution >= 4 is 27.3 Å². The van der Waals surface area contributed by atoms with E-state index < -0.39 is 20.5 Å². The molecule has 0 rings (SSSR count). The fourth-order valence-corrected chi connectivity index (χ4v) is 2.25. The maximum absolute atomic E-state index is 11.9. The van der Waals surface area contributed by atoms with Crippen LogP contribution in [0.25, 0.3) is 0 Å². The summed E-state index contributed by atoms with van der Waals surface area (Å²) in [4.78, 5) is 11.9. The molecule has 1 unspecified atom stereocenters. The Morgan fingerprint density at radius 1 is 1.33 bits per heavy atom. The molecule has 0 fully saturated rings. The van der Waals surface area contributed by atoms with Crippen molar-refractivity contribution in [3.05, 3.63) is 0 Å². The zero-order chi connectivity index (χ0) is 14.4. The molecular weight excluding hydrogens is 274 g/mol. The lowest BCUT2D eigenvalue weighted by atomic mass is 10.0. The van der Waals surface area contributed by atoms with Crippen LogP contribution in [0.5, 0.6) is 0 Å². The van der Waals surface area contributed by atoms with E-state index in [2.05, 4.69) is 12.2 Å². The highest BCUT2D eigenvalue weighted by Gasteiger charge is 2.38. The summed E-state index contributed by atoms with van der Waals surface area (Å²) < 4.78 is 21.6. The second-order valence-corrected chi connectivity index (χ2v) is 8.07. The lowest BCUT2D eigenvalue weighted by molar-refractivity contribution is -0.123. The minimum absolute atomic E-state index is 0.312. The summed E-state index contributed by atoms with van der Waals surface area (Å²) in [6.45, 7) is 5.41. The minimum atomic E-state index is -3.41. The minimum Gasteiger partial charge on any atom is -0.354 e. The van der Waals surface area contributed by atoms with Gasteiger partial charge in [-0.1, -0.05) is 13.3 Å². The van der Waals surface area contributed by atoms with Crippen molar-refractivity contribution in [2.24, 2.45) is 5.92 Å². The Morgan fingerprint density at radius 2 is 1.89 bits per heavy atom. The van der Waals surface area contributed by atoms with Gasteiger partial charge in [-0.2, -0.15) is 0 Å². The molecule has 1 amide bonds. The van der Waals surface area contributed by atoms with Crippen LogP contribution in [0, 0.1) is 5.92 Å². The van der Waals surface area contributed by atoms with Crippen molar-refractivity contribution in [2.75, 3.05) is 18.7 Å². The highest BCUT2D eigenvalue weighted by molar-refractivity contribution is 7.92. The van der Waals surface area contributed by atoms with E-state index in [1.165, 1.54) is 13.8 Å². The van der Waals surface area contributed by atoms with Gasteiger partial charge in [0.1, 0.15) is 4.75 Å². The summed E-state index contributed by atoms with van der Waals surface area (Å²) in [6.07, 6.45) is 3.91. The second-order valence-electron chi connectivity index (χ2n) is 5.12. The Balaban J connectivity index is 4.49. The summed E-state index contributed by atoms with van der Waals surface area (Å²) in [5, 5.41) is 2.72. The van der Waals surface area contributed by atoms with Crippen LogP contribution in [-0.2, 0) is 14.6 Å². The van der Waals surface area contributed by atoms with Gasteiger partial charge in [-0.25, -0.2) is 8.42 Å². The van der Waals surface area contributed by atoms with Crippen molar-refractivity contribution in [1.29, 1.82) is 0 Å². The normalized spacial score (nSPS) is 14.3. The van der Waals surface area contributed by atoms with Gasteiger partial charge in [-0.15, -0.1) is 11.6 Å². The van der Waals surface area contributed by atoms with E-state index in [1.54, 1.807) is 0 Å². The van der Waals surface area contributed by atoms with E-state index in [0.29, 0.717) is 18.3 Å². The SMILES string of the molecule is CCCC(CCCl)CNC(=O)C(C)(C)S(C)(=O)=O. The molecular formula is C12H24ClNO3S. The van der Waals surface area contributed by atoms with Gasteiger partial charge in [0.2, 0.25) is 5.91 Å². The molecule has 0 saturated heterocycles. The smallest absolute Gasteiger partial charge is 0.240 e. The summed E-state index contributed by atoms with van der Waals surface area (Å²) in [7, 11) is -3.41. The standard InChI is InChI=1S/C12H24ClNO3S/c1-5-6-10(7-8-13)9-14-11(15)12(2,3)18(4,16)17/h10H,5-9H2,1-4H3,(H,14,15). The maximum Gasteiger partial charge on any atom is 0.240 e. The third-order valence-electron chi connectivity index (χ3n) is 3.24. The third kappa shape index (κ3) is 5.14. The Kier molecular flexibility index (Phi) is 7.22. The van der Waals surface area contributed by atoms with E-state index in [4.69, 9.17) is 11.6 Å². The van der Waals surface area contributed by atoms with Crippen LogP contribution in [0.4, 0.5) is 0 Å². The Bertz CT molecular complexity index is 360. The lowest BCUT2D eigenvalue weighted by Crippen LogP contribution is -2.48. The van der Waals surface area contributed by atoms with E-state index in [0.717, 1.165) is 25.5 Å². The Hall–Kier alpha value is -0.290. The maximum atomic E-state index is 11.9. The summed E-state index contributed by atoms with van der Waals surface area (Å²) >= 11 is 5.70. The summed E-state index contributed by atoms with van der Waals surface area (Å²) in [6, 6.07) is 0. The average molecular weight is 298 g/mol. The molecule has 0 aromatic rings. The highest BCUT2D eigenvalue weighted by atomic mass is 35.5. The number of hydrogen-bond donors (Lipinski definition) is 1. The van der Waals surface area contributed by atoms with Gasteiger partial charge in [0.25, 0.3) is 0 Å². The van der Waals surface area contributed by atoms with Gasteiger partial charge in [0.05, 0.1) is 0 Å². The van der Waals surface area contributed by atoms with Gasteiger partial charge in [-0.05, 0) is 32.6 Å². The van der Waals surface area contributed by atoms with Gasteiger partial charge < -0.3 is 5.32 Å². The number of carbonyl (C=O) groups is 1. The largest absolute Gasteiger partial charge is 0.354 e. The van der Waals surface area contributed by atoms with Crippen LogP contribution in [0.1, 0.15) is 40.0 Å². The van der Waals surface area contributed by atoms with Gasteiger partial charge >= 0.3 is 0 Å². The monoisotopic (exact) mass is 297 g/mol. The molecule has 0 aliphatic rings. The van der Waals surface area contributed by atoms with Crippen LogP contribution in [-0.4, -0.2) is 37.8 Å². The molecule has 0 heterocycles. The van der Waals surface area contributed by atoms with Gasteiger partial charge in [0.15, 0.2) is 9.84 Å². The van der Waals surface area contributed by atoms with Crippen molar-refractivity contribution in [3.63, 3.8) is 0 Å². The third-order valence-corrected chi connectivity index (χ3v) is 5.50. The average Bonchev–Trinajstić information content (AvgIpc) is 2.24. The number of rotatable bonds is 8. The Morgan fingerprint density at radius 3 is 2.28 bits per heavy atom. The molecule has 6 heteroatoms. The number of carbonyl (C=O) groups excluding carboxylic acids is 1. The van der Waals surface area contributed by atoms with Crippen molar-refractivity contribution < 1.29 is 13.2 Å². The summed E-state index contributed by atoms with van der Waals surface area (Å²) in [5.74, 6) is 0.420. The number of halogens is 1. The van der Waals surface area contributed by atoms with Crippen molar-refractivity contribution in [1.82, 2.24) is 5.32 Å². The first-order valence-corrected chi connectivity index (χ1v) is 8.63. The number of alkyl halides is 1. The number of amides is 1. The molecule has 0 aliphatic heterocycles. The zero-order valence-corrected chi connectivity index (χ0v) is 13.2. The predicted molar refractivity (Wildman–Crippen MR) is 75.7 cm³/mol. The zero-order valence-electron chi connectivity index (χ0n) is 11.6. The van der Waals surface area contributed by atoms with Crippen molar-refractivity contribution in [3.8, 4) is 0 Å². The lowest BCUT2D eigenvalue weighted by Gasteiger charge is -2.23. The van der Waals surface area contributed by atoms with Crippen LogP contribution in [0.2, 0.25) is 0 Å². The predicted octanol–water partition coefficient (Wildman–Crippen LogP) is 1.97. The molecule has 4 nitrogen and oxygen atoms in total. The fourth-order valence-electron chi connectivity index (χ4n) is 1.53. The fraction of sp³-hybridized carbons (Fsp3) is 0.917. The topological polar surface area (TPSA) is 63.2 Å². The quantitative estimate of drug-likeness (QED) is 0.697. The molecule has 0 aromatic carbocycles. The van der Waals surface area contributed by atoms with Gasteiger partial charge in [0, 0.05) is 18.7 Å². The van der Waals surface area contributed by atoms with Crippen LogP contribution in [0.3, 0.4) is 0 Å². The van der Waals surface area contributed by atoms with Crippen LogP contribution >= 0.6 is 11.6 Å². The number of nitrogens with one attached hydrogen (secondary N) is 1. The molecule has 108 valence electrons. The first-order chi connectivity index (χ1) is 8.16. The highest BCUT2D eigenvalue weighted by Crippen LogP contribution is 2.16. The molecule has 1 atom stereocenters.